The van der Waals surface area contributed by atoms with Crippen LogP contribution in [0.5, 0.6) is 0 Å². The summed E-state index contributed by atoms with van der Waals surface area (Å²) in [5.41, 5.74) is 5.75. The Morgan fingerprint density at radius 1 is 1.37 bits per heavy atom. The molecule has 1 amide bonds. The second-order valence-electron chi connectivity index (χ2n) is 5.87. The average Bonchev–Trinajstić information content (AvgIpc) is 2.59. The largest absolute Gasteiger partial charge is 0.393 e. The highest BCUT2D eigenvalue weighted by molar-refractivity contribution is 7.80. The van der Waals surface area contributed by atoms with Gasteiger partial charge >= 0.3 is 0 Å². The maximum Gasteiger partial charge on any atom is 0.232 e. The molecule has 19 heavy (non-hydrogen) atoms. The fourth-order valence-electron chi connectivity index (χ4n) is 3.41. The average molecular weight is 283 g/mol. The number of rotatable bonds is 4. The SMILES string of the molecule is CCCC(C(=O)N1CCC2CCC(C1)N2C)C(N)=S. The summed E-state index contributed by atoms with van der Waals surface area (Å²) in [5, 5.41) is 0. The van der Waals surface area contributed by atoms with Gasteiger partial charge in [0, 0.05) is 25.2 Å². The summed E-state index contributed by atoms with van der Waals surface area (Å²) in [6, 6.07) is 1.17. The van der Waals surface area contributed by atoms with Crippen LogP contribution in [0, 0.1) is 5.92 Å². The summed E-state index contributed by atoms with van der Waals surface area (Å²) >= 11 is 5.07. The van der Waals surface area contributed by atoms with Crippen LogP contribution < -0.4 is 5.73 Å². The van der Waals surface area contributed by atoms with Crippen molar-refractivity contribution in [2.75, 3.05) is 20.1 Å². The normalized spacial score (nSPS) is 29.1. The lowest BCUT2D eigenvalue weighted by molar-refractivity contribution is -0.133. The van der Waals surface area contributed by atoms with Crippen LogP contribution in [0.25, 0.3) is 0 Å². The van der Waals surface area contributed by atoms with Crippen molar-refractivity contribution < 1.29 is 4.79 Å². The molecule has 2 aliphatic heterocycles. The Kier molecular flexibility index (Phi) is 4.79. The van der Waals surface area contributed by atoms with Gasteiger partial charge in [-0.25, -0.2) is 0 Å². The van der Waals surface area contributed by atoms with Gasteiger partial charge in [0.05, 0.1) is 10.9 Å². The van der Waals surface area contributed by atoms with E-state index in [2.05, 4.69) is 18.9 Å². The van der Waals surface area contributed by atoms with Crippen molar-refractivity contribution >= 4 is 23.1 Å². The van der Waals surface area contributed by atoms with Gasteiger partial charge in [-0.2, -0.15) is 0 Å². The van der Waals surface area contributed by atoms with E-state index in [4.69, 9.17) is 18.0 Å². The van der Waals surface area contributed by atoms with Gasteiger partial charge in [0.1, 0.15) is 0 Å². The van der Waals surface area contributed by atoms with Crippen molar-refractivity contribution in [3.63, 3.8) is 0 Å². The first-order valence-electron chi connectivity index (χ1n) is 7.34. The Morgan fingerprint density at radius 3 is 2.68 bits per heavy atom. The number of carbonyl (C=O) groups excluding carboxylic acids is 1. The lowest BCUT2D eigenvalue weighted by atomic mass is 10.0. The van der Waals surface area contributed by atoms with E-state index >= 15 is 0 Å². The molecule has 2 fully saturated rings. The van der Waals surface area contributed by atoms with E-state index in [1.807, 2.05) is 4.90 Å². The molecule has 0 spiro atoms. The Bertz CT molecular complexity index is 361. The summed E-state index contributed by atoms with van der Waals surface area (Å²) in [7, 11) is 2.19. The molecule has 0 radical (unpaired) electrons. The highest BCUT2D eigenvalue weighted by Crippen LogP contribution is 2.29. The monoisotopic (exact) mass is 283 g/mol. The van der Waals surface area contributed by atoms with Gasteiger partial charge in [-0.3, -0.25) is 9.69 Å². The highest BCUT2D eigenvalue weighted by Gasteiger charge is 2.37. The van der Waals surface area contributed by atoms with E-state index in [1.165, 1.54) is 12.8 Å². The van der Waals surface area contributed by atoms with Gasteiger partial charge in [-0.1, -0.05) is 25.6 Å². The second kappa shape index (κ2) is 6.18. The van der Waals surface area contributed by atoms with Gasteiger partial charge < -0.3 is 10.6 Å². The first-order valence-corrected chi connectivity index (χ1v) is 7.75. The standard InChI is InChI=1S/C14H25N3OS/c1-3-4-12(13(15)19)14(18)17-8-7-10-5-6-11(9-17)16(10)2/h10-12H,3-9H2,1-2H3,(H2,15,19). The number of amides is 1. The Labute approximate surface area is 121 Å². The van der Waals surface area contributed by atoms with Gasteiger partial charge in [0.2, 0.25) is 5.91 Å². The maximum absolute atomic E-state index is 12.6. The minimum absolute atomic E-state index is 0.148. The fraction of sp³-hybridized carbons (Fsp3) is 0.857. The number of carbonyl (C=O) groups is 1. The van der Waals surface area contributed by atoms with Crippen molar-refractivity contribution in [1.82, 2.24) is 9.80 Å². The van der Waals surface area contributed by atoms with Crippen LogP contribution in [0.1, 0.15) is 39.0 Å². The quantitative estimate of drug-likeness (QED) is 0.792. The minimum Gasteiger partial charge on any atom is -0.393 e. The number of nitrogens with zero attached hydrogens (tertiary/aromatic N) is 2. The molecule has 0 aliphatic carbocycles. The molecule has 2 aliphatic rings. The lowest BCUT2D eigenvalue weighted by Crippen LogP contribution is -2.45. The molecule has 0 saturated carbocycles. The van der Waals surface area contributed by atoms with E-state index in [0.29, 0.717) is 17.1 Å². The van der Waals surface area contributed by atoms with Crippen molar-refractivity contribution in [1.29, 1.82) is 0 Å². The molecule has 3 atom stereocenters. The van der Waals surface area contributed by atoms with E-state index < -0.39 is 0 Å². The zero-order chi connectivity index (χ0) is 14.0. The zero-order valence-corrected chi connectivity index (χ0v) is 12.8. The molecule has 108 valence electrons. The highest BCUT2D eigenvalue weighted by atomic mass is 32.1. The third-order valence-electron chi connectivity index (χ3n) is 4.68. The zero-order valence-electron chi connectivity index (χ0n) is 12.0. The van der Waals surface area contributed by atoms with Gasteiger partial charge in [0.25, 0.3) is 0 Å². The summed E-state index contributed by atoms with van der Waals surface area (Å²) in [6.07, 6.45) is 5.27. The van der Waals surface area contributed by atoms with Crippen LogP contribution in [0.3, 0.4) is 0 Å². The van der Waals surface area contributed by atoms with Gasteiger partial charge in [-0.15, -0.1) is 0 Å². The summed E-state index contributed by atoms with van der Waals surface area (Å²) in [6.45, 7) is 3.76. The lowest BCUT2D eigenvalue weighted by Gasteiger charge is -2.29. The molecule has 4 nitrogen and oxygen atoms in total. The molecule has 2 N–H and O–H groups in total. The summed E-state index contributed by atoms with van der Waals surface area (Å²) < 4.78 is 0. The third kappa shape index (κ3) is 3.08. The van der Waals surface area contributed by atoms with E-state index in [-0.39, 0.29) is 11.8 Å². The number of hydrogen-bond donors (Lipinski definition) is 1. The van der Waals surface area contributed by atoms with Crippen molar-refractivity contribution in [3.05, 3.63) is 0 Å². The molecule has 2 bridgehead atoms. The Balaban J connectivity index is 2.04. The molecular weight excluding hydrogens is 258 g/mol. The van der Waals surface area contributed by atoms with E-state index in [9.17, 15) is 4.79 Å². The van der Waals surface area contributed by atoms with Crippen molar-refractivity contribution in [3.8, 4) is 0 Å². The van der Waals surface area contributed by atoms with Crippen molar-refractivity contribution in [2.45, 2.75) is 51.1 Å². The summed E-state index contributed by atoms with van der Waals surface area (Å²) in [4.78, 5) is 17.4. The van der Waals surface area contributed by atoms with Gasteiger partial charge in [0.15, 0.2) is 0 Å². The first kappa shape index (κ1) is 14.7. The minimum atomic E-state index is -0.262. The predicted octanol–water partition coefficient (Wildman–Crippen LogP) is 1.38. The van der Waals surface area contributed by atoms with Crippen LogP contribution in [0.15, 0.2) is 0 Å². The molecule has 2 saturated heterocycles. The Hall–Kier alpha value is -0.680. The number of fused-ring (bicyclic) bond motifs is 2. The fourth-order valence-corrected chi connectivity index (χ4v) is 3.62. The maximum atomic E-state index is 12.6. The molecule has 3 unspecified atom stereocenters. The summed E-state index contributed by atoms with van der Waals surface area (Å²) in [5.74, 6) is -0.114. The smallest absolute Gasteiger partial charge is 0.232 e. The van der Waals surface area contributed by atoms with Crippen LogP contribution in [-0.4, -0.2) is 52.9 Å². The molecule has 2 heterocycles. The molecule has 2 rings (SSSR count). The number of thiocarbonyl (C=S) groups is 1. The van der Waals surface area contributed by atoms with Crippen LogP contribution in [0.4, 0.5) is 0 Å². The second-order valence-corrected chi connectivity index (χ2v) is 6.34. The van der Waals surface area contributed by atoms with Gasteiger partial charge in [-0.05, 0) is 32.7 Å². The molecule has 5 heteroatoms. The van der Waals surface area contributed by atoms with Crippen molar-refractivity contribution in [2.24, 2.45) is 11.7 Å². The molecule has 0 aromatic carbocycles. The third-order valence-corrected chi connectivity index (χ3v) is 4.96. The number of likely N-dealkylation sites (N-methyl/N-ethyl adjacent to an activating group) is 1. The topological polar surface area (TPSA) is 49.6 Å². The molecule has 0 aromatic rings. The Morgan fingerprint density at radius 2 is 2.05 bits per heavy atom. The van der Waals surface area contributed by atoms with Crippen LogP contribution in [-0.2, 0) is 4.79 Å². The molecular formula is C14H25N3OS. The predicted molar refractivity (Wildman–Crippen MR) is 81.0 cm³/mol. The van der Waals surface area contributed by atoms with Crippen LogP contribution in [0.2, 0.25) is 0 Å². The first-order chi connectivity index (χ1) is 9.04. The molecule has 0 aromatic heterocycles. The van der Waals surface area contributed by atoms with Crippen LogP contribution >= 0.6 is 12.2 Å². The number of hydrogen-bond acceptors (Lipinski definition) is 3. The number of likely N-dealkylation sites (tertiary alicyclic amines) is 1. The van der Waals surface area contributed by atoms with E-state index in [1.54, 1.807) is 0 Å². The number of nitrogens with two attached hydrogens (primary N) is 1. The van der Waals surface area contributed by atoms with E-state index in [0.717, 1.165) is 32.4 Å².